The Morgan fingerprint density at radius 1 is 1.29 bits per heavy atom. The third-order valence-corrected chi connectivity index (χ3v) is 1.90. The molecule has 42 valence electrons. The van der Waals surface area contributed by atoms with Crippen molar-refractivity contribution in [2.24, 2.45) is 0 Å². The normalized spacial score (nSPS) is 22.7. The van der Waals surface area contributed by atoms with Crippen molar-refractivity contribution >= 4 is 23.6 Å². The Hall–Kier alpha value is 0.540. The van der Waals surface area contributed by atoms with Crippen molar-refractivity contribution in [3.05, 3.63) is 0 Å². The topological polar surface area (TPSA) is 3.24 Å². The van der Waals surface area contributed by atoms with Gasteiger partial charge < -0.3 is 0 Å². The predicted molar refractivity (Wildman–Crippen MR) is 31.2 cm³/mol. The minimum absolute atomic E-state index is 0.448. The van der Waals surface area contributed by atoms with Gasteiger partial charge in [0.05, 0.1) is 0 Å². The number of rotatable bonds is 1. The molecule has 0 unspecified atom stereocenters. The summed E-state index contributed by atoms with van der Waals surface area (Å²) >= 11 is 10.8. The van der Waals surface area contributed by atoms with Crippen molar-refractivity contribution in [2.45, 2.75) is 25.3 Å². The zero-order valence-corrected chi connectivity index (χ0v) is 5.41. The first kappa shape index (κ1) is 5.67. The van der Waals surface area contributed by atoms with Crippen LogP contribution in [0.2, 0.25) is 0 Å². The fraction of sp³-hybridized carbons (Fsp3) is 1.00. The first-order valence-corrected chi connectivity index (χ1v) is 3.09. The fourth-order valence-corrected chi connectivity index (χ4v) is 0.972. The molecule has 0 aromatic carbocycles. The Labute approximate surface area is 53.4 Å². The maximum atomic E-state index is 5.38. The van der Waals surface area contributed by atoms with Crippen molar-refractivity contribution in [3.63, 3.8) is 0 Å². The van der Waals surface area contributed by atoms with Crippen LogP contribution >= 0.6 is 23.6 Å². The summed E-state index contributed by atoms with van der Waals surface area (Å²) in [7, 11) is 0. The minimum Gasteiger partial charge on any atom is -0.129 e. The van der Waals surface area contributed by atoms with Gasteiger partial charge in [-0.3, -0.25) is 0 Å². The SMILES string of the molecule is ClN(Cl)C1CCC1. The summed E-state index contributed by atoms with van der Waals surface area (Å²) < 4.78 is 1.25. The quantitative estimate of drug-likeness (QED) is 0.504. The van der Waals surface area contributed by atoms with E-state index in [4.69, 9.17) is 23.6 Å². The largest absolute Gasteiger partial charge is 0.129 e. The van der Waals surface area contributed by atoms with Crippen molar-refractivity contribution in [3.8, 4) is 0 Å². The average molecular weight is 140 g/mol. The lowest BCUT2D eigenvalue weighted by molar-refractivity contribution is 0.312. The van der Waals surface area contributed by atoms with E-state index in [1.54, 1.807) is 0 Å². The highest BCUT2D eigenvalue weighted by Gasteiger charge is 2.21. The first-order chi connectivity index (χ1) is 3.30. The molecule has 1 nitrogen and oxygen atoms in total. The van der Waals surface area contributed by atoms with Crippen LogP contribution in [-0.4, -0.2) is 9.98 Å². The molecule has 1 aliphatic carbocycles. The lowest BCUT2D eigenvalue weighted by atomic mass is 9.94. The molecular weight excluding hydrogens is 133 g/mol. The third-order valence-electron chi connectivity index (χ3n) is 1.35. The molecule has 1 fully saturated rings. The molecule has 1 aliphatic rings. The van der Waals surface area contributed by atoms with E-state index in [0.717, 1.165) is 12.8 Å². The van der Waals surface area contributed by atoms with Gasteiger partial charge in [-0.25, -0.2) is 0 Å². The zero-order chi connectivity index (χ0) is 5.28. The van der Waals surface area contributed by atoms with Crippen LogP contribution in [0.25, 0.3) is 0 Å². The van der Waals surface area contributed by atoms with E-state index in [9.17, 15) is 0 Å². The molecule has 1 rings (SSSR count). The molecule has 0 saturated heterocycles. The Kier molecular flexibility index (Phi) is 1.79. The van der Waals surface area contributed by atoms with E-state index >= 15 is 0 Å². The van der Waals surface area contributed by atoms with Gasteiger partial charge in [0.1, 0.15) is 0 Å². The van der Waals surface area contributed by atoms with Gasteiger partial charge in [0.25, 0.3) is 0 Å². The number of nitrogens with zero attached hydrogens (tertiary/aromatic N) is 1. The average Bonchev–Trinajstić information content (AvgIpc) is 1.23. The van der Waals surface area contributed by atoms with E-state index in [2.05, 4.69) is 0 Å². The molecule has 0 aromatic rings. The molecule has 0 aromatic heterocycles. The molecule has 0 spiro atoms. The lowest BCUT2D eigenvalue weighted by Gasteiger charge is -2.26. The van der Waals surface area contributed by atoms with Gasteiger partial charge in [-0.15, -0.1) is 3.94 Å². The predicted octanol–water partition coefficient (Wildman–Crippen LogP) is 2.15. The second-order valence-corrected chi connectivity index (χ2v) is 2.75. The van der Waals surface area contributed by atoms with Crippen molar-refractivity contribution in [2.75, 3.05) is 0 Å². The smallest absolute Gasteiger partial charge is 0.0416 e. The van der Waals surface area contributed by atoms with Crippen LogP contribution in [0.3, 0.4) is 0 Å². The van der Waals surface area contributed by atoms with E-state index in [1.165, 1.54) is 10.4 Å². The highest BCUT2D eigenvalue weighted by molar-refractivity contribution is 6.34. The Balaban J connectivity index is 2.14. The highest BCUT2D eigenvalue weighted by Crippen LogP contribution is 2.27. The molecule has 0 atom stereocenters. The molecule has 0 heterocycles. The summed E-state index contributed by atoms with van der Waals surface area (Å²) in [6.45, 7) is 0. The van der Waals surface area contributed by atoms with Gasteiger partial charge in [-0.05, 0) is 36.4 Å². The van der Waals surface area contributed by atoms with Crippen LogP contribution < -0.4 is 0 Å². The van der Waals surface area contributed by atoms with Gasteiger partial charge >= 0.3 is 0 Å². The van der Waals surface area contributed by atoms with Crippen molar-refractivity contribution < 1.29 is 0 Å². The maximum absolute atomic E-state index is 5.38. The molecule has 0 N–H and O–H groups in total. The maximum Gasteiger partial charge on any atom is 0.0416 e. The minimum atomic E-state index is 0.448. The van der Waals surface area contributed by atoms with Gasteiger partial charge in [0.2, 0.25) is 0 Å². The Morgan fingerprint density at radius 3 is 1.86 bits per heavy atom. The standard InChI is InChI=1S/C4H7Cl2N/c5-7(6)4-2-1-3-4/h4H,1-3H2. The summed E-state index contributed by atoms with van der Waals surface area (Å²) in [5.41, 5.74) is 0. The van der Waals surface area contributed by atoms with E-state index in [0.29, 0.717) is 6.04 Å². The van der Waals surface area contributed by atoms with E-state index in [-0.39, 0.29) is 0 Å². The molecule has 7 heavy (non-hydrogen) atoms. The van der Waals surface area contributed by atoms with Crippen LogP contribution in [0, 0.1) is 0 Å². The van der Waals surface area contributed by atoms with Gasteiger partial charge in [-0.2, -0.15) is 0 Å². The van der Waals surface area contributed by atoms with E-state index < -0.39 is 0 Å². The summed E-state index contributed by atoms with van der Waals surface area (Å²) in [5.74, 6) is 0. The molecule has 0 amide bonds. The van der Waals surface area contributed by atoms with Crippen LogP contribution in [0.5, 0.6) is 0 Å². The first-order valence-electron chi connectivity index (χ1n) is 2.41. The number of hydrogen-bond acceptors (Lipinski definition) is 1. The molecule has 0 bridgehead atoms. The summed E-state index contributed by atoms with van der Waals surface area (Å²) in [4.78, 5) is 0. The molecule has 1 saturated carbocycles. The third kappa shape index (κ3) is 1.21. The Morgan fingerprint density at radius 2 is 1.86 bits per heavy atom. The molecule has 0 aliphatic heterocycles. The Bertz CT molecular complexity index is 60.7. The van der Waals surface area contributed by atoms with E-state index in [1.807, 2.05) is 0 Å². The van der Waals surface area contributed by atoms with Crippen molar-refractivity contribution in [1.82, 2.24) is 3.94 Å². The molecule has 0 radical (unpaired) electrons. The summed E-state index contributed by atoms with van der Waals surface area (Å²) in [6, 6.07) is 0.448. The monoisotopic (exact) mass is 139 g/mol. The summed E-state index contributed by atoms with van der Waals surface area (Å²) in [5, 5.41) is 0. The van der Waals surface area contributed by atoms with Gasteiger partial charge in [0, 0.05) is 6.04 Å². The number of hydrogen-bond donors (Lipinski definition) is 0. The molecule has 3 heteroatoms. The molecular formula is C4H7Cl2N. The van der Waals surface area contributed by atoms with Crippen LogP contribution in [0.15, 0.2) is 0 Å². The fourth-order valence-electron chi connectivity index (χ4n) is 0.582. The van der Waals surface area contributed by atoms with Crippen LogP contribution in [0.4, 0.5) is 0 Å². The zero-order valence-electron chi connectivity index (χ0n) is 3.90. The van der Waals surface area contributed by atoms with Gasteiger partial charge in [-0.1, -0.05) is 6.42 Å². The number of halogens is 2. The highest BCUT2D eigenvalue weighted by atomic mass is 35.5. The second-order valence-electron chi connectivity index (χ2n) is 1.84. The van der Waals surface area contributed by atoms with Gasteiger partial charge in [0.15, 0.2) is 0 Å². The summed E-state index contributed by atoms with van der Waals surface area (Å²) in [6.07, 6.45) is 3.60. The second kappa shape index (κ2) is 2.21. The van der Waals surface area contributed by atoms with Crippen molar-refractivity contribution in [1.29, 1.82) is 0 Å². The van der Waals surface area contributed by atoms with Crippen LogP contribution in [0.1, 0.15) is 19.3 Å². The lowest BCUT2D eigenvalue weighted by Crippen LogP contribution is -2.26. The van der Waals surface area contributed by atoms with Crippen LogP contribution in [-0.2, 0) is 0 Å².